The number of halogens is 1. The molecule has 1 heterocycles. The number of benzene rings is 1. The highest BCUT2D eigenvalue weighted by Gasteiger charge is 2.18. The first-order valence-corrected chi connectivity index (χ1v) is 6.55. The van der Waals surface area contributed by atoms with Crippen LogP contribution in [0.1, 0.15) is 18.4 Å². The zero-order valence-electron chi connectivity index (χ0n) is 10.9. The minimum absolute atomic E-state index is 0.108. The summed E-state index contributed by atoms with van der Waals surface area (Å²) < 4.78 is 19.0. The molecule has 0 aromatic heterocycles. The van der Waals surface area contributed by atoms with Crippen molar-refractivity contribution < 1.29 is 9.13 Å². The molecule has 4 heteroatoms. The van der Waals surface area contributed by atoms with Crippen LogP contribution in [0.2, 0.25) is 0 Å². The maximum Gasteiger partial charge on any atom is 0.146 e. The highest BCUT2D eigenvalue weighted by Crippen LogP contribution is 2.27. The maximum atomic E-state index is 14.0. The maximum absolute atomic E-state index is 14.0. The molecular weight excluding hydrogens is 231 g/mol. The van der Waals surface area contributed by atoms with Crippen LogP contribution in [0.25, 0.3) is 0 Å². The lowest BCUT2D eigenvalue weighted by Crippen LogP contribution is -2.24. The molecule has 100 valence electrons. The highest BCUT2D eigenvalue weighted by atomic mass is 19.1. The van der Waals surface area contributed by atoms with Crippen LogP contribution in [0.3, 0.4) is 0 Å². The summed E-state index contributed by atoms with van der Waals surface area (Å²) in [5.74, 6) is -0.108. The molecule has 0 aliphatic carbocycles. The predicted octanol–water partition coefficient (Wildman–Crippen LogP) is 2.16. The number of para-hydroxylation sites is 1. The summed E-state index contributed by atoms with van der Waals surface area (Å²) in [4.78, 5) is 2.16. The van der Waals surface area contributed by atoms with Gasteiger partial charge in [-0.25, -0.2) is 4.39 Å². The Morgan fingerprint density at radius 1 is 1.33 bits per heavy atom. The van der Waals surface area contributed by atoms with Gasteiger partial charge in [-0.05, 0) is 24.5 Å². The molecule has 1 aliphatic rings. The summed E-state index contributed by atoms with van der Waals surface area (Å²) in [5.41, 5.74) is 1.81. The van der Waals surface area contributed by atoms with Gasteiger partial charge in [-0.3, -0.25) is 0 Å². The zero-order valence-corrected chi connectivity index (χ0v) is 10.9. The van der Waals surface area contributed by atoms with E-state index in [4.69, 9.17) is 4.74 Å². The molecule has 0 bridgehead atoms. The number of nitrogens with one attached hydrogen (secondary N) is 1. The molecule has 2 rings (SSSR count). The molecule has 1 N–H and O–H groups in total. The van der Waals surface area contributed by atoms with E-state index in [9.17, 15) is 4.39 Å². The molecule has 1 aromatic rings. The third kappa shape index (κ3) is 3.21. The van der Waals surface area contributed by atoms with Gasteiger partial charge in [0.15, 0.2) is 0 Å². The lowest BCUT2D eigenvalue weighted by atomic mass is 10.1. The van der Waals surface area contributed by atoms with Crippen LogP contribution >= 0.6 is 0 Å². The second-order valence-electron chi connectivity index (χ2n) is 4.61. The Balaban J connectivity index is 2.05. The minimum atomic E-state index is -0.108. The molecule has 0 atom stereocenters. The Bertz CT molecular complexity index is 378. The van der Waals surface area contributed by atoms with E-state index in [1.807, 2.05) is 6.07 Å². The van der Waals surface area contributed by atoms with Crippen LogP contribution in [-0.4, -0.2) is 33.4 Å². The summed E-state index contributed by atoms with van der Waals surface area (Å²) in [7, 11) is 1.68. The summed E-state index contributed by atoms with van der Waals surface area (Å²) in [6, 6.07) is 5.32. The van der Waals surface area contributed by atoms with Crippen molar-refractivity contribution in [2.75, 3.05) is 38.3 Å². The standard InChI is InChI=1S/C14H21FN2O/c1-18-10-7-16-11-12-5-4-6-13(15)14(12)17-8-2-3-9-17/h4-6,16H,2-3,7-11H2,1H3. The normalized spacial score (nSPS) is 15.3. The molecule has 0 spiro atoms. The number of hydrogen-bond acceptors (Lipinski definition) is 3. The highest BCUT2D eigenvalue weighted by molar-refractivity contribution is 5.55. The van der Waals surface area contributed by atoms with Gasteiger partial charge in [-0.1, -0.05) is 12.1 Å². The SMILES string of the molecule is COCCNCc1cccc(F)c1N1CCCC1. The average Bonchev–Trinajstić information content (AvgIpc) is 2.88. The molecule has 1 aliphatic heterocycles. The van der Waals surface area contributed by atoms with Crippen molar-refractivity contribution >= 4 is 5.69 Å². The van der Waals surface area contributed by atoms with Crippen molar-refractivity contribution in [1.82, 2.24) is 5.32 Å². The molecule has 3 nitrogen and oxygen atoms in total. The van der Waals surface area contributed by atoms with Crippen LogP contribution in [0.4, 0.5) is 10.1 Å². The van der Waals surface area contributed by atoms with Gasteiger partial charge < -0.3 is 15.0 Å². The van der Waals surface area contributed by atoms with Gasteiger partial charge in [0.2, 0.25) is 0 Å². The summed E-state index contributed by atoms with van der Waals surface area (Å²) >= 11 is 0. The van der Waals surface area contributed by atoms with Gasteiger partial charge in [0.1, 0.15) is 5.82 Å². The largest absolute Gasteiger partial charge is 0.383 e. The number of ether oxygens (including phenoxy) is 1. The topological polar surface area (TPSA) is 24.5 Å². The fourth-order valence-electron chi connectivity index (χ4n) is 2.39. The monoisotopic (exact) mass is 252 g/mol. The summed E-state index contributed by atoms with van der Waals surface area (Å²) in [6.07, 6.45) is 2.32. The van der Waals surface area contributed by atoms with Crippen LogP contribution in [0.15, 0.2) is 18.2 Å². The van der Waals surface area contributed by atoms with E-state index in [0.717, 1.165) is 43.7 Å². The van der Waals surface area contributed by atoms with E-state index in [0.29, 0.717) is 13.2 Å². The van der Waals surface area contributed by atoms with Gasteiger partial charge in [0.05, 0.1) is 12.3 Å². The molecule has 0 unspecified atom stereocenters. The van der Waals surface area contributed by atoms with Crippen LogP contribution in [0, 0.1) is 5.82 Å². The lowest BCUT2D eigenvalue weighted by molar-refractivity contribution is 0.199. The van der Waals surface area contributed by atoms with Crippen LogP contribution in [0.5, 0.6) is 0 Å². The molecule has 1 saturated heterocycles. The molecule has 0 saturated carbocycles. The Morgan fingerprint density at radius 3 is 2.83 bits per heavy atom. The number of hydrogen-bond donors (Lipinski definition) is 1. The fourth-order valence-corrected chi connectivity index (χ4v) is 2.39. The van der Waals surface area contributed by atoms with Crippen molar-refractivity contribution in [2.45, 2.75) is 19.4 Å². The predicted molar refractivity (Wildman–Crippen MR) is 71.4 cm³/mol. The fraction of sp³-hybridized carbons (Fsp3) is 0.571. The minimum Gasteiger partial charge on any atom is -0.383 e. The number of methoxy groups -OCH3 is 1. The first-order valence-electron chi connectivity index (χ1n) is 6.55. The van der Waals surface area contributed by atoms with E-state index in [2.05, 4.69) is 10.2 Å². The molecule has 18 heavy (non-hydrogen) atoms. The van der Waals surface area contributed by atoms with E-state index < -0.39 is 0 Å². The van der Waals surface area contributed by atoms with Gasteiger partial charge in [-0.15, -0.1) is 0 Å². The van der Waals surface area contributed by atoms with Crippen molar-refractivity contribution in [2.24, 2.45) is 0 Å². The number of anilines is 1. The summed E-state index contributed by atoms with van der Waals surface area (Å²) in [5, 5.41) is 3.28. The first kappa shape index (κ1) is 13.3. The van der Waals surface area contributed by atoms with Gasteiger partial charge in [0.25, 0.3) is 0 Å². The van der Waals surface area contributed by atoms with Crippen molar-refractivity contribution in [3.05, 3.63) is 29.6 Å². The summed E-state index contributed by atoms with van der Waals surface area (Å²) in [6.45, 7) is 4.08. The second-order valence-corrected chi connectivity index (χ2v) is 4.61. The van der Waals surface area contributed by atoms with Gasteiger partial charge in [0, 0.05) is 33.3 Å². The molecule has 0 radical (unpaired) electrons. The Morgan fingerprint density at radius 2 is 2.11 bits per heavy atom. The molecule has 0 amide bonds. The molecule has 1 aromatic carbocycles. The number of rotatable bonds is 6. The van der Waals surface area contributed by atoms with Gasteiger partial charge in [-0.2, -0.15) is 0 Å². The quantitative estimate of drug-likeness (QED) is 0.785. The Labute approximate surface area is 108 Å². The van der Waals surface area contributed by atoms with Crippen molar-refractivity contribution in [1.29, 1.82) is 0 Å². The van der Waals surface area contributed by atoms with E-state index >= 15 is 0 Å². The van der Waals surface area contributed by atoms with E-state index in [1.165, 1.54) is 0 Å². The third-order valence-electron chi connectivity index (χ3n) is 3.29. The zero-order chi connectivity index (χ0) is 12.8. The Hall–Kier alpha value is -1.13. The first-order chi connectivity index (χ1) is 8.83. The smallest absolute Gasteiger partial charge is 0.146 e. The van der Waals surface area contributed by atoms with E-state index in [1.54, 1.807) is 19.2 Å². The Kier molecular flexibility index (Phi) is 4.96. The molecular formula is C14H21FN2O. The second kappa shape index (κ2) is 6.71. The van der Waals surface area contributed by atoms with E-state index in [-0.39, 0.29) is 5.82 Å². The lowest BCUT2D eigenvalue weighted by Gasteiger charge is -2.22. The van der Waals surface area contributed by atoms with Gasteiger partial charge >= 0.3 is 0 Å². The van der Waals surface area contributed by atoms with Crippen LogP contribution in [-0.2, 0) is 11.3 Å². The third-order valence-corrected chi connectivity index (χ3v) is 3.29. The molecule has 1 fully saturated rings. The van der Waals surface area contributed by atoms with Crippen LogP contribution < -0.4 is 10.2 Å². The van der Waals surface area contributed by atoms with Crippen molar-refractivity contribution in [3.8, 4) is 0 Å². The number of nitrogens with zero attached hydrogens (tertiary/aromatic N) is 1. The van der Waals surface area contributed by atoms with Crippen molar-refractivity contribution in [3.63, 3.8) is 0 Å². The average molecular weight is 252 g/mol.